The number of hydrogen-bond acceptors (Lipinski definition) is 4. The fourth-order valence-corrected chi connectivity index (χ4v) is 7.50. The van der Waals surface area contributed by atoms with Crippen LogP contribution < -0.4 is 13.9 Å². The van der Waals surface area contributed by atoms with E-state index in [1.807, 2.05) is 18.2 Å². The molecular weight excluding hydrogens is 424 g/mol. The molecule has 0 radical (unpaired) electrons. The van der Waals surface area contributed by atoms with Gasteiger partial charge in [-0.05, 0) is 37.8 Å². The second-order valence-electron chi connectivity index (χ2n) is 9.45. The van der Waals surface area contributed by atoms with Gasteiger partial charge in [0, 0.05) is 32.2 Å². The number of rotatable bonds is 4. The average molecular weight is 463 g/mol. The van der Waals surface area contributed by atoms with Gasteiger partial charge in [-0.2, -0.15) is 8.42 Å². The molecule has 32 heavy (non-hydrogen) atoms. The Bertz CT molecular complexity index is 873. The number of benzene rings is 1. The van der Waals surface area contributed by atoms with Crippen LogP contribution in [-0.4, -0.2) is 58.0 Å². The Kier molecular flexibility index (Phi) is 7.61. The predicted molar refractivity (Wildman–Crippen MR) is 129 cm³/mol. The van der Waals surface area contributed by atoms with Crippen molar-refractivity contribution in [3.63, 3.8) is 0 Å². The van der Waals surface area contributed by atoms with Crippen molar-refractivity contribution in [2.75, 3.05) is 35.3 Å². The van der Waals surface area contributed by atoms with Crippen molar-refractivity contribution >= 4 is 27.5 Å². The normalized spacial score (nSPS) is 23.7. The summed E-state index contributed by atoms with van der Waals surface area (Å²) in [4.78, 5) is 14.6. The summed E-state index contributed by atoms with van der Waals surface area (Å²) in [5.41, 5.74) is 1.31. The zero-order valence-electron chi connectivity index (χ0n) is 19.3. The van der Waals surface area contributed by atoms with E-state index in [0.29, 0.717) is 17.4 Å². The molecule has 0 atom stereocenters. The smallest absolute Gasteiger partial charge is 0.327 e. The van der Waals surface area contributed by atoms with Crippen LogP contribution in [0.25, 0.3) is 0 Å². The van der Waals surface area contributed by atoms with Crippen LogP contribution in [0.4, 0.5) is 11.4 Å². The van der Waals surface area contributed by atoms with Crippen LogP contribution in [0.3, 0.4) is 0 Å². The third-order valence-electron chi connectivity index (χ3n) is 7.40. The number of carbonyl (C=O) groups is 1. The first-order chi connectivity index (χ1) is 15.5. The number of fused-ring (bicyclic) bond motifs is 1. The van der Waals surface area contributed by atoms with Crippen LogP contribution in [0.2, 0.25) is 0 Å². The first-order valence-corrected chi connectivity index (χ1v) is 13.8. The topological polar surface area (TPSA) is 73.0 Å². The van der Waals surface area contributed by atoms with Gasteiger partial charge in [0.2, 0.25) is 5.91 Å². The number of carbonyl (C=O) groups excluding carboxylic acids is 1. The highest BCUT2D eigenvalue weighted by atomic mass is 32.2. The molecule has 2 fully saturated rings. The molecule has 3 aliphatic rings. The monoisotopic (exact) mass is 462 g/mol. The maximum Gasteiger partial charge on any atom is 0.327 e. The molecule has 2 heterocycles. The van der Waals surface area contributed by atoms with Gasteiger partial charge in [-0.15, -0.1) is 0 Å². The van der Waals surface area contributed by atoms with Crippen LogP contribution in [-0.2, 0) is 15.0 Å². The maximum atomic E-state index is 13.5. The SMILES string of the molecule is CNC(=O)CN1c2ccccc2N(C2CCN(C3CCCCCCCCC3)CC2)S1(=O)=O. The minimum atomic E-state index is -3.77. The summed E-state index contributed by atoms with van der Waals surface area (Å²) in [5, 5.41) is 2.54. The van der Waals surface area contributed by atoms with Crippen molar-refractivity contribution < 1.29 is 13.2 Å². The molecular formula is C24H38N4O3S. The molecule has 0 aromatic heterocycles. The molecule has 1 saturated carbocycles. The fourth-order valence-electron chi connectivity index (χ4n) is 5.62. The number of anilines is 2. The second kappa shape index (κ2) is 10.4. The van der Waals surface area contributed by atoms with Gasteiger partial charge in [-0.3, -0.25) is 4.79 Å². The molecule has 1 aliphatic carbocycles. The highest BCUT2D eigenvalue weighted by Gasteiger charge is 2.45. The van der Waals surface area contributed by atoms with E-state index in [0.717, 1.165) is 25.9 Å². The van der Waals surface area contributed by atoms with Crippen LogP contribution in [0, 0.1) is 0 Å². The Hall–Kier alpha value is -1.80. The highest BCUT2D eigenvalue weighted by Crippen LogP contribution is 2.43. The molecule has 0 spiro atoms. The van der Waals surface area contributed by atoms with E-state index in [1.54, 1.807) is 10.4 Å². The molecule has 2 aliphatic heterocycles. The van der Waals surface area contributed by atoms with Crippen LogP contribution in [0.15, 0.2) is 24.3 Å². The summed E-state index contributed by atoms with van der Waals surface area (Å²) >= 11 is 0. The summed E-state index contributed by atoms with van der Waals surface area (Å²) in [7, 11) is -2.23. The van der Waals surface area contributed by atoms with Gasteiger partial charge in [-0.25, -0.2) is 8.61 Å². The van der Waals surface area contributed by atoms with Crippen LogP contribution >= 0.6 is 0 Å². The molecule has 8 heteroatoms. The van der Waals surface area contributed by atoms with Gasteiger partial charge in [0.1, 0.15) is 6.54 Å². The lowest BCUT2D eigenvalue weighted by molar-refractivity contribution is -0.119. The van der Waals surface area contributed by atoms with E-state index in [-0.39, 0.29) is 18.5 Å². The van der Waals surface area contributed by atoms with E-state index in [2.05, 4.69) is 10.2 Å². The van der Waals surface area contributed by atoms with Crippen molar-refractivity contribution in [3.05, 3.63) is 24.3 Å². The third kappa shape index (κ3) is 4.91. The summed E-state index contributed by atoms with van der Waals surface area (Å²) in [5.74, 6) is -0.309. The molecule has 0 bridgehead atoms. The first-order valence-electron chi connectivity index (χ1n) is 12.4. The van der Waals surface area contributed by atoms with Crippen molar-refractivity contribution in [2.45, 2.75) is 82.7 Å². The minimum absolute atomic E-state index is 0.0633. The van der Waals surface area contributed by atoms with E-state index in [9.17, 15) is 13.2 Å². The quantitative estimate of drug-likeness (QED) is 0.741. The maximum absolute atomic E-state index is 13.5. The van der Waals surface area contributed by atoms with Gasteiger partial charge < -0.3 is 10.2 Å². The Morgan fingerprint density at radius 2 is 1.44 bits per heavy atom. The van der Waals surface area contributed by atoms with Crippen molar-refractivity contribution in [1.82, 2.24) is 10.2 Å². The average Bonchev–Trinajstić information content (AvgIpc) is 3.03. The number of nitrogens with one attached hydrogen (secondary N) is 1. The molecule has 1 aromatic rings. The third-order valence-corrected chi connectivity index (χ3v) is 9.28. The second-order valence-corrected chi connectivity index (χ2v) is 11.2. The standard InChI is InChI=1S/C24H38N4O3S/c1-25-24(29)19-27-22-13-9-10-14-23(22)28(32(27,30)31)21-15-17-26(18-16-21)20-11-7-5-3-2-4-6-8-12-20/h9-10,13-14,20-21H,2-8,11-12,15-19H2,1H3,(H,25,29). The summed E-state index contributed by atoms with van der Waals surface area (Å²) in [6, 6.07) is 7.94. The molecule has 0 unspecified atom stereocenters. The Labute approximate surface area is 193 Å². The number of nitrogens with zero attached hydrogens (tertiary/aromatic N) is 3. The molecule has 1 aromatic carbocycles. The number of likely N-dealkylation sites (N-methyl/N-ethyl adjacent to an activating group) is 1. The Morgan fingerprint density at radius 3 is 2.03 bits per heavy atom. The number of hydrogen-bond donors (Lipinski definition) is 1. The minimum Gasteiger partial charge on any atom is -0.358 e. The van der Waals surface area contributed by atoms with Crippen molar-refractivity contribution in [1.29, 1.82) is 0 Å². The summed E-state index contributed by atoms with van der Waals surface area (Å²) in [6.45, 7) is 1.70. The summed E-state index contributed by atoms with van der Waals surface area (Å²) in [6.07, 6.45) is 13.6. The molecule has 178 valence electrons. The Morgan fingerprint density at radius 1 is 0.875 bits per heavy atom. The van der Waals surface area contributed by atoms with Crippen molar-refractivity contribution in [2.24, 2.45) is 0 Å². The summed E-state index contributed by atoms with van der Waals surface area (Å²) < 4.78 is 29.8. The molecule has 7 nitrogen and oxygen atoms in total. The largest absolute Gasteiger partial charge is 0.358 e. The fraction of sp³-hybridized carbons (Fsp3) is 0.708. The lowest BCUT2D eigenvalue weighted by Gasteiger charge is -2.40. The lowest BCUT2D eigenvalue weighted by Crippen LogP contribution is -2.51. The number of likely N-dealkylation sites (tertiary alicyclic amines) is 1. The van der Waals surface area contributed by atoms with Crippen LogP contribution in [0.1, 0.15) is 70.6 Å². The number of para-hydroxylation sites is 2. The molecule has 4 rings (SSSR count). The van der Waals surface area contributed by atoms with E-state index < -0.39 is 10.2 Å². The van der Waals surface area contributed by atoms with Gasteiger partial charge in [0.15, 0.2) is 0 Å². The van der Waals surface area contributed by atoms with Crippen LogP contribution in [0.5, 0.6) is 0 Å². The highest BCUT2D eigenvalue weighted by molar-refractivity contribution is 7.94. The first kappa shape index (κ1) is 23.4. The molecule has 1 amide bonds. The van der Waals surface area contributed by atoms with Crippen molar-refractivity contribution in [3.8, 4) is 0 Å². The van der Waals surface area contributed by atoms with Gasteiger partial charge in [-0.1, -0.05) is 57.1 Å². The zero-order chi connectivity index (χ0) is 22.6. The van der Waals surface area contributed by atoms with Gasteiger partial charge in [0.05, 0.1) is 11.4 Å². The van der Waals surface area contributed by atoms with E-state index in [4.69, 9.17) is 0 Å². The molecule has 1 saturated heterocycles. The lowest BCUT2D eigenvalue weighted by atomic mass is 9.94. The van der Waals surface area contributed by atoms with E-state index >= 15 is 0 Å². The van der Waals surface area contributed by atoms with Gasteiger partial charge >= 0.3 is 10.2 Å². The number of amides is 1. The number of piperidine rings is 1. The Balaban J connectivity index is 1.46. The molecule has 1 N–H and O–H groups in total. The van der Waals surface area contributed by atoms with Gasteiger partial charge in [0.25, 0.3) is 0 Å². The predicted octanol–water partition coefficient (Wildman–Crippen LogP) is 3.66. The van der Waals surface area contributed by atoms with E-state index in [1.165, 1.54) is 69.1 Å². The zero-order valence-corrected chi connectivity index (χ0v) is 20.2.